The number of benzene rings is 15. The predicted octanol–water partition coefficient (Wildman–Crippen LogP) is 22.4. The van der Waals surface area contributed by atoms with E-state index in [1.807, 2.05) is 0 Å². The van der Waals surface area contributed by atoms with Crippen LogP contribution in [0.1, 0.15) is 0 Å². The van der Waals surface area contributed by atoms with Gasteiger partial charge in [0.2, 0.25) is 0 Å². The molecule has 15 aromatic carbocycles. The lowest BCUT2D eigenvalue weighted by molar-refractivity contribution is 0.669. The fraction of sp³-hybridized carbons (Fsp3) is 0. The molecular weight excluding hydrogens is 969 g/mol. The summed E-state index contributed by atoms with van der Waals surface area (Å²) in [6.45, 7) is 0. The van der Waals surface area contributed by atoms with E-state index in [0.29, 0.717) is 0 Å². The Bertz CT molecular complexity index is 5160. The van der Waals surface area contributed by atoms with Gasteiger partial charge in [0.25, 0.3) is 0 Å². The van der Waals surface area contributed by atoms with Gasteiger partial charge < -0.3 is 8.83 Å². The van der Waals surface area contributed by atoms with E-state index in [1.165, 1.54) is 120 Å². The summed E-state index contributed by atoms with van der Waals surface area (Å²) in [6, 6.07) is 105. The van der Waals surface area contributed by atoms with Gasteiger partial charge in [-0.3, -0.25) is 0 Å². The third kappa shape index (κ3) is 7.49. The first-order valence-electron chi connectivity index (χ1n) is 27.5. The number of hydrogen-bond acceptors (Lipinski definition) is 2. The molecule has 80 heavy (non-hydrogen) atoms. The van der Waals surface area contributed by atoms with Gasteiger partial charge in [-0.15, -0.1) is 0 Å². The van der Waals surface area contributed by atoms with Crippen molar-refractivity contribution in [1.29, 1.82) is 0 Å². The van der Waals surface area contributed by atoms with Gasteiger partial charge in [-0.1, -0.05) is 243 Å². The maximum atomic E-state index is 6.30. The van der Waals surface area contributed by atoms with E-state index < -0.39 is 0 Å². The van der Waals surface area contributed by atoms with Crippen molar-refractivity contribution in [2.75, 3.05) is 0 Å². The summed E-state index contributed by atoms with van der Waals surface area (Å²) in [5, 5.41) is 19.6. The van der Waals surface area contributed by atoms with Crippen LogP contribution >= 0.6 is 0 Å². The highest BCUT2D eigenvalue weighted by Crippen LogP contribution is 2.47. The van der Waals surface area contributed by atoms with Crippen molar-refractivity contribution in [2.24, 2.45) is 0 Å². The van der Waals surface area contributed by atoms with E-state index in [9.17, 15) is 0 Å². The van der Waals surface area contributed by atoms with Crippen LogP contribution in [-0.2, 0) is 0 Å². The smallest absolute Gasteiger partial charge is 0.136 e. The summed E-state index contributed by atoms with van der Waals surface area (Å²) >= 11 is 0. The van der Waals surface area contributed by atoms with Gasteiger partial charge in [0.15, 0.2) is 0 Å². The van der Waals surface area contributed by atoms with Crippen LogP contribution in [0.4, 0.5) is 0 Å². The fourth-order valence-electron chi connectivity index (χ4n) is 12.8. The van der Waals surface area contributed by atoms with Gasteiger partial charge in [-0.2, -0.15) is 0 Å². The van der Waals surface area contributed by atoms with Crippen molar-refractivity contribution in [2.45, 2.75) is 0 Å². The Balaban J connectivity index is 0.000000134. The molecule has 0 saturated carbocycles. The number of rotatable bonds is 5. The maximum absolute atomic E-state index is 6.30. The summed E-state index contributed by atoms with van der Waals surface area (Å²) in [5.74, 6) is 0. The topological polar surface area (TPSA) is 26.3 Å². The van der Waals surface area contributed by atoms with Crippen molar-refractivity contribution in [3.8, 4) is 55.6 Å². The maximum Gasteiger partial charge on any atom is 0.136 e. The van der Waals surface area contributed by atoms with E-state index in [2.05, 4.69) is 291 Å². The molecule has 0 aliphatic rings. The molecule has 0 fully saturated rings. The normalized spacial score (nSPS) is 11.8. The number of furan rings is 2. The first kappa shape index (κ1) is 45.6. The lowest BCUT2D eigenvalue weighted by Crippen LogP contribution is -1.90. The molecule has 0 aliphatic carbocycles. The van der Waals surface area contributed by atoms with Crippen LogP contribution in [0, 0.1) is 0 Å². The molecule has 0 bridgehead atoms. The Morgan fingerprint density at radius 2 is 0.412 bits per heavy atom. The molecule has 2 aromatic heterocycles. The van der Waals surface area contributed by atoms with Crippen molar-refractivity contribution in [1.82, 2.24) is 0 Å². The zero-order valence-corrected chi connectivity index (χ0v) is 43.5. The minimum Gasteiger partial charge on any atom is -0.456 e. The highest BCUT2D eigenvalue weighted by Gasteiger charge is 2.20. The van der Waals surface area contributed by atoms with E-state index in [0.717, 1.165) is 43.9 Å². The van der Waals surface area contributed by atoms with Crippen LogP contribution in [0.5, 0.6) is 0 Å². The molecule has 17 rings (SSSR count). The molecule has 372 valence electrons. The molecule has 0 spiro atoms. The first-order valence-corrected chi connectivity index (χ1v) is 27.5. The molecule has 0 N–H and O–H groups in total. The molecule has 0 unspecified atom stereocenters. The molecule has 0 aliphatic heterocycles. The van der Waals surface area contributed by atoms with E-state index in [4.69, 9.17) is 8.83 Å². The van der Waals surface area contributed by atoms with Gasteiger partial charge >= 0.3 is 0 Å². The molecule has 0 radical (unpaired) electrons. The van der Waals surface area contributed by atoms with E-state index >= 15 is 0 Å². The van der Waals surface area contributed by atoms with Crippen LogP contribution in [0.2, 0.25) is 0 Å². The van der Waals surface area contributed by atoms with E-state index in [-0.39, 0.29) is 0 Å². The Kier molecular flexibility index (Phi) is 10.6. The summed E-state index contributed by atoms with van der Waals surface area (Å²) in [7, 11) is 0. The third-order valence-corrected chi connectivity index (χ3v) is 16.5. The van der Waals surface area contributed by atoms with Gasteiger partial charge in [0.05, 0.1) is 0 Å². The Morgan fingerprint density at radius 3 is 0.800 bits per heavy atom. The van der Waals surface area contributed by atoms with Crippen LogP contribution in [0.15, 0.2) is 300 Å². The van der Waals surface area contributed by atoms with Crippen molar-refractivity contribution >= 4 is 109 Å². The second kappa shape index (κ2) is 18.6. The molecule has 0 atom stereocenters. The Labute approximate surface area is 461 Å². The minimum atomic E-state index is 0.919. The second-order valence-electron chi connectivity index (χ2n) is 21.0. The largest absolute Gasteiger partial charge is 0.456 e. The van der Waals surface area contributed by atoms with Crippen LogP contribution in [-0.4, -0.2) is 0 Å². The minimum absolute atomic E-state index is 0.919. The summed E-state index contributed by atoms with van der Waals surface area (Å²) < 4.78 is 12.6. The van der Waals surface area contributed by atoms with Crippen LogP contribution in [0.25, 0.3) is 164 Å². The van der Waals surface area contributed by atoms with Gasteiger partial charge in [0.1, 0.15) is 22.3 Å². The Hall–Kier alpha value is -10.5. The predicted molar refractivity (Wildman–Crippen MR) is 340 cm³/mol. The van der Waals surface area contributed by atoms with Gasteiger partial charge in [0, 0.05) is 21.5 Å². The molecule has 17 aromatic rings. The lowest BCUT2D eigenvalue weighted by atomic mass is 9.86. The molecule has 2 nitrogen and oxygen atoms in total. The summed E-state index contributed by atoms with van der Waals surface area (Å²) in [6.07, 6.45) is 0. The number of fused-ring (bicyclic) bond motifs is 12. The standard InChI is InChI=1S/C42H26O.C36H22O/c1-2-10-28(11-3-1)41-33-14-6-8-16-35(33)42(36-17-9-7-15-34(36)41)29-20-18-27(19-21-29)32-22-23-39-37(25-32)38-24-30-12-4-5-13-31(30)26-40(38)43-39;1-2-10-23(11-3-1)35-27-14-6-8-16-29(27)36(30-17-9-7-15-28(30)35)26-18-19-33-31(21-26)32-20-24-12-4-5-13-25(24)22-34(32)37-33/h1-26H;1-22H. The fourth-order valence-corrected chi connectivity index (χ4v) is 12.8. The molecular formula is C78H48O2. The summed E-state index contributed by atoms with van der Waals surface area (Å²) in [5.41, 5.74) is 16.1. The van der Waals surface area contributed by atoms with Crippen LogP contribution < -0.4 is 0 Å². The zero-order valence-electron chi connectivity index (χ0n) is 43.5. The van der Waals surface area contributed by atoms with Crippen molar-refractivity contribution < 1.29 is 8.83 Å². The van der Waals surface area contributed by atoms with E-state index in [1.54, 1.807) is 0 Å². The zero-order chi connectivity index (χ0) is 52.7. The second-order valence-corrected chi connectivity index (χ2v) is 21.0. The van der Waals surface area contributed by atoms with Gasteiger partial charge in [-0.25, -0.2) is 0 Å². The molecule has 0 saturated heterocycles. The van der Waals surface area contributed by atoms with Crippen molar-refractivity contribution in [3.63, 3.8) is 0 Å². The lowest BCUT2D eigenvalue weighted by Gasteiger charge is -2.18. The average molecular weight is 1020 g/mol. The van der Waals surface area contributed by atoms with Crippen molar-refractivity contribution in [3.05, 3.63) is 291 Å². The number of hydrogen-bond donors (Lipinski definition) is 0. The quantitative estimate of drug-likeness (QED) is 0.161. The molecule has 0 amide bonds. The molecule has 2 heterocycles. The first-order chi connectivity index (χ1) is 39.7. The highest BCUT2D eigenvalue weighted by atomic mass is 16.3. The highest BCUT2D eigenvalue weighted by molar-refractivity contribution is 6.24. The van der Waals surface area contributed by atoms with Gasteiger partial charge in [-0.05, 0) is 169 Å². The third-order valence-electron chi connectivity index (χ3n) is 16.5. The molecule has 2 heteroatoms. The SMILES string of the molecule is c1ccc(-c2c3ccccc3c(-c3ccc(-c4ccc5oc6cc7ccccc7cc6c5c4)cc3)c3ccccc23)cc1.c1ccc(-c2c3ccccc3c(-c3ccc4oc5cc6ccccc6cc5c4c3)c3ccccc23)cc1. The summed E-state index contributed by atoms with van der Waals surface area (Å²) in [4.78, 5) is 0. The van der Waals surface area contributed by atoms with Crippen LogP contribution in [0.3, 0.4) is 0 Å². The monoisotopic (exact) mass is 1020 g/mol. The Morgan fingerprint density at radius 1 is 0.150 bits per heavy atom. The average Bonchev–Trinajstić information content (AvgIpc) is 4.11.